The zero-order valence-electron chi connectivity index (χ0n) is 9.09. The Morgan fingerprint density at radius 3 is 2.54 bits per heavy atom. The van der Waals surface area contributed by atoms with Crippen LogP contribution in [0.3, 0.4) is 0 Å². The Labute approximate surface area is 80.7 Å². The van der Waals surface area contributed by atoms with Gasteiger partial charge in [0.1, 0.15) is 5.78 Å². The van der Waals surface area contributed by atoms with Crippen molar-refractivity contribution in [3.8, 4) is 0 Å². The van der Waals surface area contributed by atoms with Gasteiger partial charge in [0.2, 0.25) is 0 Å². The van der Waals surface area contributed by atoms with Crippen molar-refractivity contribution >= 4 is 5.78 Å². The molecule has 0 aromatic heterocycles. The number of methoxy groups -OCH3 is 1. The van der Waals surface area contributed by atoms with E-state index in [1.54, 1.807) is 7.11 Å². The summed E-state index contributed by atoms with van der Waals surface area (Å²) in [6.45, 7) is 6.95. The maximum Gasteiger partial charge on any atom is 0.141 e. The van der Waals surface area contributed by atoms with Crippen LogP contribution < -0.4 is 0 Å². The first kappa shape index (κ1) is 10.7. The molecule has 1 saturated carbocycles. The third kappa shape index (κ3) is 1.93. The molecule has 2 atom stereocenters. The minimum atomic E-state index is -0.127. The molecule has 0 saturated heterocycles. The second-order valence-electron chi connectivity index (χ2n) is 4.70. The van der Waals surface area contributed by atoms with Crippen LogP contribution >= 0.6 is 0 Å². The Morgan fingerprint density at radius 1 is 1.54 bits per heavy atom. The molecule has 13 heavy (non-hydrogen) atoms. The molecule has 0 amide bonds. The highest BCUT2D eigenvalue weighted by Crippen LogP contribution is 2.44. The first-order valence-electron chi connectivity index (χ1n) is 5.03. The van der Waals surface area contributed by atoms with Gasteiger partial charge in [-0.1, -0.05) is 20.8 Å². The molecule has 1 aliphatic carbocycles. The molecule has 0 heterocycles. The lowest BCUT2D eigenvalue weighted by molar-refractivity contribution is -0.128. The summed E-state index contributed by atoms with van der Waals surface area (Å²) in [6.07, 6.45) is 2.05. The van der Waals surface area contributed by atoms with E-state index in [4.69, 9.17) is 4.74 Å². The van der Waals surface area contributed by atoms with Crippen LogP contribution in [-0.4, -0.2) is 19.5 Å². The molecule has 0 radical (unpaired) electrons. The minimum absolute atomic E-state index is 0.127. The molecule has 0 spiro atoms. The molecule has 76 valence electrons. The molecule has 2 heteroatoms. The monoisotopic (exact) mass is 184 g/mol. The lowest BCUT2D eigenvalue weighted by Gasteiger charge is -2.24. The van der Waals surface area contributed by atoms with Crippen molar-refractivity contribution in [3.05, 3.63) is 0 Å². The smallest absolute Gasteiger partial charge is 0.141 e. The number of carbonyl (C=O) groups is 1. The van der Waals surface area contributed by atoms with Crippen LogP contribution in [0.15, 0.2) is 0 Å². The van der Waals surface area contributed by atoms with Crippen LogP contribution in [0.1, 0.15) is 33.6 Å². The lowest BCUT2D eigenvalue weighted by Crippen LogP contribution is -2.27. The maximum absolute atomic E-state index is 11.8. The van der Waals surface area contributed by atoms with E-state index < -0.39 is 0 Å². The van der Waals surface area contributed by atoms with Gasteiger partial charge in [-0.25, -0.2) is 0 Å². The molecule has 1 aliphatic rings. The molecule has 1 fully saturated rings. The molecule has 0 unspecified atom stereocenters. The number of Topliss-reactive ketones (excluding diaryl/α,β-unsaturated/α-hetero) is 1. The second kappa shape index (κ2) is 3.79. The van der Waals surface area contributed by atoms with Gasteiger partial charge in [-0.3, -0.25) is 4.79 Å². The predicted octanol–water partition coefficient (Wildman–Crippen LogP) is 2.27. The highest BCUT2D eigenvalue weighted by atomic mass is 16.5. The standard InChI is InChI=1S/C11H20O2/c1-8-7-9(5-6-13-4)11(2,3)10(8)12/h8-9H,5-7H2,1-4H3/t8-,9-/m0/s1. The van der Waals surface area contributed by atoms with Crippen LogP contribution in [0.5, 0.6) is 0 Å². The zero-order valence-corrected chi connectivity index (χ0v) is 9.09. The van der Waals surface area contributed by atoms with Gasteiger partial charge < -0.3 is 4.74 Å². The van der Waals surface area contributed by atoms with Crippen molar-refractivity contribution in [2.75, 3.05) is 13.7 Å². The fourth-order valence-corrected chi connectivity index (χ4v) is 2.40. The van der Waals surface area contributed by atoms with Gasteiger partial charge in [0.25, 0.3) is 0 Å². The van der Waals surface area contributed by atoms with Gasteiger partial charge in [-0.15, -0.1) is 0 Å². The van der Waals surface area contributed by atoms with E-state index in [-0.39, 0.29) is 11.3 Å². The molecular formula is C11H20O2. The van der Waals surface area contributed by atoms with E-state index in [0.717, 1.165) is 19.4 Å². The Kier molecular flexibility index (Phi) is 3.12. The molecule has 0 aliphatic heterocycles. The first-order valence-corrected chi connectivity index (χ1v) is 5.03. The van der Waals surface area contributed by atoms with Crippen molar-refractivity contribution in [2.45, 2.75) is 33.6 Å². The number of hydrogen-bond acceptors (Lipinski definition) is 2. The summed E-state index contributed by atoms with van der Waals surface area (Å²) in [5.41, 5.74) is -0.127. The van der Waals surface area contributed by atoms with Crippen molar-refractivity contribution in [1.29, 1.82) is 0 Å². The van der Waals surface area contributed by atoms with E-state index >= 15 is 0 Å². The van der Waals surface area contributed by atoms with Gasteiger partial charge in [-0.05, 0) is 18.8 Å². The molecule has 0 aromatic rings. The molecular weight excluding hydrogens is 164 g/mol. The van der Waals surface area contributed by atoms with Crippen LogP contribution in [0, 0.1) is 17.3 Å². The van der Waals surface area contributed by atoms with Crippen molar-refractivity contribution < 1.29 is 9.53 Å². The summed E-state index contributed by atoms with van der Waals surface area (Å²) >= 11 is 0. The quantitative estimate of drug-likeness (QED) is 0.672. The summed E-state index contributed by atoms with van der Waals surface area (Å²) < 4.78 is 5.06. The number of carbonyl (C=O) groups excluding carboxylic acids is 1. The van der Waals surface area contributed by atoms with Gasteiger partial charge in [0.05, 0.1) is 0 Å². The van der Waals surface area contributed by atoms with Crippen LogP contribution in [-0.2, 0) is 9.53 Å². The fourth-order valence-electron chi connectivity index (χ4n) is 2.40. The fraction of sp³-hybridized carbons (Fsp3) is 0.909. The van der Waals surface area contributed by atoms with E-state index in [1.165, 1.54) is 0 Å². The number of rotatable bonds is 3. The van der Waals surface area contributed by atoms with Crippen LogP contribution in [0.2, 0.25) is 0 Å². The normalized spacial score (nSPS) is 32.5. The third-order valence-electron chi connectivity index (χ3n) is 3.41. The highest BCUT2D eigenvalue weighted by Gasteiger charge is 2.45. The van der Waals surface area contributed by atoms with Gasteiger partial charge in [0, 0.05) is 25.0 Å². The summed E-state index contributed by atoms with van der Waals surface area (Å²) in [4.78, 5) is 11.8. The van der Waals surface area contributed by atoms with E-state index in [1.807, 2.05) is 6.92 Å². The van der Waals surface area contributed by atoms with Gasteiger partial charge in [-0.2, -0.15) is 0 Å². The van der Waals surface area contributed by atoms with Crippen LogP contribution in [0.25, 0.3) is 0 Å². The Balaban J connectivity index is 2.61. The maximum atomic E-state index is 11.8. The molecule has 0 bridgehead atoms. The summed E-state index contributed by atoms with van der Waals surface area (Å²) in [7, 11) is 1.72. The van der Waals surface area contributed by atoms with E-state index in [0.29, 0.717) is 11.7 Å². The van der Waals surface area contributed by atoms with Gasteiger partial charge in [0.15, 0.2) is 0 Å². The van der Waals surface area contributed by atoms with Crippen molar-refractivity contribution in [3.63, 3.8) is 0 Å². The molecule has 0 N–H and O–H groups in total. The lowest BCUT2D eigenvalue weighted by atomic mass is 9.79. The number of ether oxygens (including phenoxy) is 1. The molecule has 1 rings (SSSR count). The Bertz CT molecular complexity index is 196. The average Bonchev–Trinajstić information content (AvgIpc) is 2.26. The largest absolute Gasteiger partial charge is 0.385 e. The second-order valence-corrected chi connectivity index (χ2v) is 4.70. The highest BCUT2D eigenvalue weighted by molar-refractivity contribution is 5.88. The Morgan fingerprint density at radius 2 is 2.15 bits per heavy atom. The SMILES string of the molecule is COCC[C@H]1C[C@H](C)C(=O)C1(C)C. The minimum Gasteiger partial charge on any atom is -0.385 e. The van der Waals surface area contributed by atoms with Crippen LogP contribution in [0.4, 0.5) is 0 Å². The predicted molar refractivity (Wildman–Crippen MR) is 52.6 cm³/mol. The van der Waals surface area contributed by atoms with E-state index in [2.05, 4.69) is 13.8 Å². The summed E-state index contributed by atoms with van der Waals surface area (Å²) in [5, 5.41) is 0. The number of hydrogen-bond donors (Lipinski definition) is 0. The van der Waals surface area contributed by atoms with E-state index in [9.17, 15) is 4.79 Å². The summed E-state index contributed by atoms with van der Waals surface area (Å²) in [6, 6.07) is 0. The topological polar surface area (TPSA) is 26.3 Å². The molecule has 0 aromatic carbocycles. The van der Waals surface area contributed by atoms with Crippen molar-refractivity contribution in [1.82, 2.24) is 0 Å². The molecule has 2 nitrogen and oxygen atoms in total. The zero-order chi connectivity index (χ0) is 10.1. The van der Waals surface area contributed by atoms with Gasteiger partial charge >= 0.3 is 0 Å². The Hall–Kier alpha value is -0.370. The third-order valence-corrected chi connectivity index (χ3v) is 3.41. The number of ketones is 1. The summed E-state index contributed by atoms with van der Waals surface area (Å²) in [5.74, 6) is 1.18. The first-order chi connectivity index (χ1) is 6.00. The van der Waals surface area contributed by atoms with Crippen molar-refractivity contribution in [2.24, 2.45) is 17.3 Å². The average molecular weight is 184 g/mol.